The lowest BCUT2D eigenvalue weighted by molar-refractivity contribution is -0.139. The predicted molar refractivity (Wildman–Crippen MR) is 165 cm³/mol. The molecule has 238 valence electrons. The van der Waals surface area contributed by atoms with E-state index in [-0.39, 0.29) is 23.7 Å². The first-order chi connectivity index (χ1) is 22.0. The van der Waals surface area contributed by atoms with Crippen molar-refractivity contribution in [3.05, 3.63) is 99.5 Å². The molecule has 0 radical (unpaired) electrons. The number of nitrogens with one attached hydrogen (secondary N) is 1. The summed E-state index contributed by atoms with van der Waals surface area (Å²) >= 11 is 0. The molecule has 5 aromatic rings. The Kier molecular flexibility index (Phi) is 8.03. The number of amides is 1. The van der Waals surface area contributed by atoms with Crippen molar-refractivity contribution in [2.24, 2.45) is 7.05 Å². The molecule has 1 aliphatic heterocycles. The van der Waals surface area contributed by atoms with Crippen LogP contribution in [0.25, 0.3) is 27.7 Å². The predicted octanol–water partition coefficient (Wildman–Crippen LogP) is 4.23. The largest absolute Gasteiger partial charge is 0.480 e. The number of fused-ring (bicyclic) bond motifs is 2. The van der Waals surface area contributed by atoms with E-state index < -0.39 is 40.9 Å². The Balaban J connectivity index is 1.31. The number of nitrogens with zero attached hydrogens (tertiary/aromatic N) is 4. The number of aryl methyl sites for hydroxylation is 2. The first kappa shape index (κ1) is 30.8. The van der Waals surface area contributed by atoms with Gasteiger partial charge in [-0.3, -0.25) is 9.59 Å². The van der Waals surface area contributed by atoms with Gasteiger partial charge in [0.2, 0.25) is 0 Å². The van der Waals surface area contributed by atoms with E-state index in [1.165, 1.54) is 29.0 Å². The second-order valence-corrected chi connectivity index (χ2v) is 11.4. The number of carboxylic acids is 1. The van der Waals surface area contributed by atoms with E-state index in [0.29, 0.717) is 58.7 Å². The minimum atomic E-state index is -1.57. The van der Waals surface area contributed by atoms with Crippen molar-refractivity contribution < 1.29 is 32.6 Å². The molecular weight excluding hydrogens is 603 g/mol. The second-order valence-electron chi connectivity index (χ2n) is 11.4. The van der Waals surface area contributed by atoms with Crippen LogP contribution in [0.2, 0.25) is 0 Å². The fraction of sp³-hybridized carbons (Fsp3) is 0.273. The maximum absolute atomic E-state index is 15.1. The van der Waals surface area contributed by atoms with Gasteiger partial charge in [-0.25, -0.2) is 22.9 Å². The number of morpholine rings is 1. The molecule has 0 spiro atoms. The molecule has 13 heteroatoms. The molecule has 2 N–H and O–H groups in total. The van der Waals surface area contributed by atoms with Crippen molar-refractivity contribution >= 4 is 34.1 Å². The van der Waals surface area contributed by atoms with Gasteiger partial charge >= 0.3 is 5.97 Å². The van der Waals surface area contributed by atoms with E-state index in [2.05, 4.69) is 10.3 Å². The lowest BCUT2D eigenvalue weighted by Gasteiger charge is -2.35. The summed E-state index contributed by atoms with van der Waals surface area (Å²) in [6.45, 7) is 4.76. The number of imidazole rings is 1. The Bertz CT molecular complexity index is 2070. The SMILES string of the molecule is Cc1c(-c2ccc(C[C@H](NC(=O)c3c(F)cc(N4CCOC[C@@H]4C)cc3F)C(=O)O)n3ccnc23)c(=O)n(C)c2ccc(F)cc12. The summed E-state index contributed by atoms with van der Waals surface area (Å²) in [5.41, 5.74) is 1.59. The van der Waals surface area contributed by atoms with Crippen LogP contribution < -0.4 is 15.8 Å². The second kappa shape index (κ2) is 12.0. The summed E-state index contributed by atoms with van der Waals surface area (Å²) in [6, 6.07) is 7.77. The summed E-state index contributed by atoms with van der Waals surface area (Å²) in [5.74, 6) is -5.34. The van der Waals surface area contributed by atoms with Crippen molar-refractivity contribution in [3.8, 4) is 11.1 Å². The van der Waals surface area contributed by atoms with Gasteiger partial charge in [0.25, 0.3) is 11.5 Å². The van der Waals surface area contributed by atoms with Gasteiger partial charge in [0.1, 0.15) is 34.7 Å². The minimum absolute atomic E-state index is 0.133. The Morgan fingerprint density at radius 1 is 1.13 bits per heavy atom. The molecule has 1 amide bonds. The van der Waals surface area contributed by atoms with Gasteiger partial charge in [0.05, 0.1) is 24.3 Å². The van der Waals surface area contributed by atoms with Gasteiger partial charge in [0, 0.05) is 60.8 Å². The number of aliphatic carboxylic acids is 1. The highest BCUT2D eigenvalue weighted by Gasteiger charge is 2.29. The molecule has 1 saturated heterocycles. The van der Waals surface area contributed by atoms with Crippen LogP contribution in [0, 0.1) is 24.4 Å². The Morgan fingerprint density at radius 2 is 1.87 bits per heavy atom. The molecular formula is C33H30F3N5O5. The molecule has 2 aromatic carbocycles. The number of aromatic nitrogens is 3. The molecule has 3 aromatic heterocycles. The Hall–Kier alpha value is -5.17. The third-order valence-electron chi connectivity index (χ3n) is 8.49. The van der Waals surface area contributed by atoms with Crippen LogP contribution >= 0.6 is 0 Å². The number of hydrogen-bond donors (Lipinski definition) is 2. The number of halogens is 3. The minimum Gasteiger partial charge on any atom is -0.480 e. The molecule has 46 heavy (non-hydrogen) atoms. The van der Waals surface area contributed by atoms with Crippen LogP contribution in [0.3, 0.4) is 0 Å². The summed E-state index contributed by atoms with van der Waals surface area (Å²) in [4.78, 5) is 45.0. The average Bonchev–Trinajstić information content (AvgIpc) is 3.51. The number of carbonyl (C=O) groups excluding carboxylic acids is 1. The molecule has 1 aliphatic rings. The Labute approximate surface area is 260 Å². The number of rotatable bonds is 7. The zero-order valence-electron chi connectivity index (χ0n) is 25.2. The molecule has 0 saturated carbocycles. The molecule has 0 aliphatic carbocycles. The van der Waals surface area contributed by atoms with Gasteiger partial charge in [-0.05, 0) is 61.9 Å². The van der Waals surface area contributed by atoms with Gasteiger partial charge in [0.15, 0.2) is 0 Å². The van der Waals surface area contributed by atoms with Crippen LogP contribution in [-0.2, 0) is 23.0 Å². The number of carbonyl (C=O) groups is 2. The van der Waals surface area contributed by atoms with Crippen LogP contribution in [0.15, 0.2) is 59.7 Å². The third kappa shape index (κ3) is 5.36. The van der Waals surface area contributed by atoms with Crippen molar-refractivity contribution in [3.63, 3.8) is 0 Å². The van der Waals surface area contributed by atoms with Crippen LogP contribution in [0.5, 0.6) is 0 Å². The quantitative estimate of drug-likeness (QED) is 0.276. The normalized spacial score (nSPS) is 15.8. The highest BCUT2D eigenvalue weighted by atomic mass is 19.1. The third-order valence-corrected chi connectivity index (χ3v) is 8.49. The average molecular weight is 634 g/mol. The first-order valence-corrected chi connectivity index (χ1v) is 14.6. The topological polar surface area (TPSA) is 118 Å². The number of benzene rings is 2. The molecule has 6 rings (SSSR count). The van der Waals surface area contributed by atoms with Gasteiger partial charge in [-0.2, -0.15) is 0 Å². The smallest absolute Gasteiger partial charge is 0.326 e. The standard InChI is InChI=1S/C33H30F3N5O5/c1-17-16-46-11-10-40(17)21-13-24(35)29(25(36)14-21)31(42)38-26(33(44)45)15-20-5-6-22(30-37-8-9-41(20)30)28-18(2)23-12-19(34)4-7-27(23)39(3)32(28)43/h4-9,12-14,17,26H,10-11,15-16H2,1-3H3,(H,38,42)(H,44,45)/t17-,26-/m0/s1. The maximum Gasteiger partial charge on any atom is 0.326 e. The monoisotopic (exact) mass is 633 g/mol. The van der Waals surface area contributed by atoms with E-state index in [0.717, 1.165) is 12.1 Å². The van der Waals surface area contributed by atoms with Crippen LogP contribution in [-0.4, -0.2) is 62.8 Å². The highest BCUT2D eigenvalue weighted by Crippen LogP contribution is 2.30. The summed E-state index contributed by atoms with van der Waals surface area (Å²) < 4.78 is 52.8. The summed E-state index contributed by atoms with van der Waals surface area (Å²) in [5, 5.41) is 12.8. The molecule has 0 unspecified atom stereocenters. The zero-order chi connectivity index (χ0) is 32.9. The van der Waals surface area contributed by atoms with Crippen LogP contribution in [0.4, 0.5) is 18.9 Å². The molecule has 0 bridgehead atoms. The van der Waals surface area contributed by atoms with E-state index in [1.807, 2.05) is 6.92 Å². The molecule has 1 fully saturated rings. The number of carboxylic acid groups (broad SMARTS) is 1. The lowest BCUT2D eigenvalue weighted by atomic mass is 9.98. The van der Waals surface area contributed by atoms with Gasteiger partial charge < -0.3 is 29.0 Å². The fourth-order valence-corrected chi connectivity index (χ4v) is 6.11. The fourth-order valence-electron chi connectivity index (χ4n) is 6.11. The number of anilines is 1. The van der Waals surface area contributed by atoms with Crippen molar-refractivity contribution in [2.75, 3.05) is 24.7 Å². The molecule has 10 nitrogen and oxygen atoms in total. The van der Waals surface area contributed by atoms with E-state index in [9.17, 15) is 23.9 Å². The Morgan fingerprint density at radius 3 is 2.57 bits per heavy atom. The van der Waals surface area contributed by atoms with E-state index in [1.54, 1.807) is 41.6 Å². The van der Waals surface area contributed by atoms with Crippen molar-refractivity contribution in [2.45, 2.75) is 32.4 Å². The van der Waals surface area contributed by atoms with Gasteiger partial charge in [-0.15, -0.1) is 0 Å². The number of pyridine rings is 2. The van der Waals surface area contributed by atoms with Crippen molar-refractivity contribution in [1.82, 2.24) is 19.3 Å². The van der Waals surface area contributed by atoms with Crippen LogP contribution in [0.1, 0.15) is 28.5 Å². The zero-order valence-corrected chi connectivity index (χ0v) is 25.2. The maximum atomic E-state index is 15.1. The van der Waals surface area contributed by atoms with E-state index >= 15 is 8.78 Å². The first-order valence-electron chi connectivity index (χ1n) is 14.6. The highest BCUT2D eigenvalue weighted by molar-refractivity contribution is 5.97. The summed E-state index contributed by atoms with van der Waals surface area (Å²) in [7, 11) is 1.59. The number of hydrogen-bond acceptors (Lipinski definition) is 6. The number of ether oxygens (including phenoxy) is 1. The molecule has 2 atom stereocenters. The van der Waals surface area contributed by atoms with Gasteiger partial charge in [-0.1, -0.05) is 0 Å². The van der Waals surface area contributed by atoms with Crippen molar-refractivity contribution in [1.29, 1.82) is 0 Å². The molecule has 4 heterocycles. The van der Waals surface area contributed by atoms with E-state index in [4.69, 9.17) is 4.74 Å². The lowest BCUT2D eigenvalue weighted by Crippen LogP contribution is -2.44. The summed E-state index contributed by atoms with van der Waals surface area (Å²) in [6.07, 6.45) is 2.76.